The van der Waals surface area contributed by atoms with Crippen LogP contribution in [0.25, 0.3) is 11.2 Å². The van der Waals surface area contributed by atoms with Crippen molar-refractivity contribution >= 4 is 28.6 Å². The number of aromatic nitrogens is 5. The van der Waals surface area contributed by atoms with Gasteiger partial charge in [-0.2, -0.15) is 0 Å². The number of halogens is 3. The highest BCUT2D eigenvalue weighted by Gasteiger charge is 2.40. The van der Waals surface area contributed by atoms with Crippen LogP contribution in [0.2, 0.25) is 5.02 Å². The van der Waals surface area contributed by atoms with Gasteiger partial charge in [0.15, 0.2) is 17.0 Å². The summed E-state index contributed by atoms with van der Waals surface area (Å²) >= 11 is 6.29. The molecule has 9 heteroatoms. The van der Waals surface area contributed by atoms with Crippen molar-refractivity contribution in [3.05, 3.63) is 40.7 Å². The summed E-state index contributed by atoms with van der Waals surface area (Å²) in [6.45, 7) is 0.314. The highest BCUT2D eigenvalue weighted by molar-refractivity contribution is 6.31. The number of anilines is 1. The van der Waals surface area contributed by atoms with Crippen molar-refractivity contribution in [3.63, 3.8) is 0 Å². The molecule has 0 radical (unpaired) electrons. The van der Waals surface area contributed by atoms with Gasteiger partial charge in [-0.3, -0.25) is 0 Å². The summed E-state index contributed by atoms with van der Waals surface area (Å²) in [5.74, 6) is -1.27. The van der Waals surface area contributed by atoms with Crippen LogP contribution >= 0.6 is 11.6 Å². The van der Waals surface area contributed by atoms with Gasteiger partial charge in [0.1, 0.15) is 5.82 Å². The predicted molar refractivity (Wildman–Crippen MR) is 102 cm³/mol. The van der Waals surface area contributed by atoms with Crippen molar-refractivity contribution in [1.82, 2.24) is 25.0 Å². The number of nitrogens with zero attached hydrogens (tertiary/aromatic N) is 6. The summed E-state index contributed by atoms with van der Waals surface area (Å²) in [5, 5.41) is 9.11. The number of hydrogen-bond acceptors (Lipinski definition) is 5. The van der Waals surface area contributed by atoms with E-state index >= 15 is 0 Å². The zero-order valence-corrected chi connectivity index (χ0v) is 15.9. The first kappa shape index (κ1) is 17.7. The van der Waals surface area contributed by atoms with E-state index in [1.54, 1.807) is 9.58 Å². The van der Waals surface area contributed by atoms with Gasteiger partial charge in [-0.05, 0) is 24.5 Å². The highest BCUT2D eigenvalue weighted by atomic mass is 35.5. The largest absolute Gasteiger partial charge is 0.348 e. The lowest BCUT2D eigenvalue weighted by molar-refractivity contribution is 0.0257. The third-order valence-corrected chi connectivity index (χ3v) is 5.95. The fourth-order valence-corrected chi connectivity index (χ4v) is 3.93. The van der Waals surface area contributed by atoms with Crippen LogP contribution in [0.3, 0.4) is 0 Å². The summed E-state index contributed by atoms with van der Waals surface area (Å²) in [4.78, 5) is 11.0. The Kier molecular flexibility index (Phi) is 4.19. The fraction of sp³-hybridized carbons (Fsp3) is 0.474. The van der Waals surface area contributed by atoms with E-state index < -0.39 is 5.92 Å². The number of rotatable bonds is 4. The van der Waals surface area contributed by atoms with Crippen LogP contribution in [0.15, 0.2) is 24.3 Å². The van der Waals surface area contributed by atoms with Gasteiger partial charge in [-0.25, -0.2) is 23.4 Å². The van der Waals surface area contributed by atoms with E-state index in [1.165, 1.54) is 0 Å². The molecule has 1 saturated heterocycles. The van der Waals surface area contributed by atoms with Gasteiger partial charge < -0.3 is 4.90 Å². The number of hydrogen-bond donors (Lipinski definition) is 0. The molecule has 146 valence electrons. The minimum Gasteiger partial charge on any atom is -0.348 e. The molecule has 6 nitrogen and oxygen atoms in total. The second kappa shape index (κ2) is 6.62. The molecular formula is C19H19ClF2N6. The van der Waals surface area contributed by atoms with Crippen molar-refractivity contribution < 1.29 is 8.78 Å². The quantitative estimate of drug-likeness (QED) is 0.657. The third-order valence-electron chi connectivity index (χ3n) is 5.58. The normalized spacial score (nSPS) is 19.3. The molecule has 3 heterocycles. The zero-order chi connectivity index (χ0) is 19.3. The molecule has 0 atom stereocenters. The summed E-state index contributed by atoms with van der Waals surface area (Å²) in [7, 11) is 0. The molecule has 2 aromatic heterocycles. The summed E-state index contributed by atoms with van der Waals surface area (Å²) in [5.41, 5.74) is 1.93. The van der Waals surface area contributed by atoms with Gasteiger partial charge in [-0.15, -0.1) is 5.10 Å². The predicted octanol–water partition coefficient (Wildman–Crippen LogP) is 4.04. The van der Waals surface area contributed by atoms with Crippen molar-refractivity contribution in [2.75, 3.05) is 18.0 Å². The first-order valence-corrected chi connectivity index (χ1v) is 9.85. The minimum atomic E-state index is -2.71. The summed E-state index contributed by atoms with van der Waals surface area (Å²) in [6.07, 6.45) is 3.01. The Morgan fingerprint density at radius 3 is 2.68 bits per heavy atom. The monoisotopic (exact) mass is 404 g/mol. The number of fused-ring (bicyclic) bond motifs is 1. The molecule has 0 amide bonds. The molecule has 0 unspecified atom stereocenters. The molecule has 1 saturated carbocycles. The molecule has 2 aliphatic rings. The van der Waals surface area contributed by atoms with Crippen molar-refractivity contribution in [3.8, 4) is 0 Å². The average molecular weight is 405 g/mol. The average Bonchev–Trinajstić information content (AvgIpc) is 3.18. The number of alkyl halides is 2. The zero-order valence-electron chi connectivity index (χ0n) is 15.2. The summed E-state index contributed by atoms with van der Waals surface area (Å²) < 4.78 is 29.3. The molecule has 0 N–H and O–H groups in total. The molecule has 0 spiro atoms. The van der Waals surface area contributed by atoms with E-state index in [-0.39, 0.29) is 25.4 Å². The van der Waals surface area contributed by atoms with E-state index in [4.69, 9.17) is 16.6 Å². The van der Waals surface area contributed by atoms with Gasteiger partial charge >= 0.3 is 0 Å². The molecule has 2 fully saturated rings. The van der Waals surface area contributed by atoms with E-state index in [0.29, 0.717) is 34.4 Å². The molecule has 1 aromatic carbocycles. The van der Waals surface area contributed by atoms with Gasteiger partial charge in [-0.1, -0.05) is 41.4 Å². The van der Waals surface area contributed by atoms with Crippen LogP contribution in [0.5, 0.6) is 0 Å². The standard InChI is InChI=1S/C19H19ClF2N6/c20-14-7-2-1-4-13(14)10-28-18-15(25-26-28)17(27-9-8-19(21,22)11-27)23-16(24-18)12-5-3-6-12/h1-2,4,7,12H,3,5-6,8-11H2. The Morgan fingerprint density at radius 1 is 1.18 bits per heavy atom. The lowest BCUT2D eigenvalue weighted by atomic mass is 9.85. The first-order chi connectivity index (χ1) is 13.5. The Morgan fingerprint density at radius 2 is 2.00 bits per heavy atom. The van der Waals surface area contributed by atoms with E-state index in [1.807, 2.05) is 24.3 Å². The molecule has 1 aliphatic heterocycles. The van der Waals surface area contributed by atoms with Gasteiger partial charge in [0.05, 0.1) is 13.1 Å². The molecule has 1 aliphatic carbocycles. The maximum atomic E-state index is 13.8. The molecule has 3 aromatic rings. The van der Waals surface area contributed by atoms with Gasteiger partial charge in [0.25, 0.3) is 5.92 Å². The second-order valence-corrected chi connectivity index (χ2v) is 7.98. The minimum absolute atomic E-state index is 0.176. The smallest absolute Gasteiger partial charge is 0.266 e. The Balaban J connectivity index is 1.59. The fourth-order valence-electron chi connectivity index (χ4n) is 3.74. The van der Waals surface area contributed by atoms with Crippen LogP contribution in [0, 0.1) is 0 Å². The van der Waals surface area contributed by atoms with Crippen LogP contribution in [0.1, 0.15) is 43.0 Å². The highest BCUT2D eigenvalue weighted by Crippen LogP contribution is 2.38. The molecular weight excluding hydrogens is 386 g/mol. The second-order valence-electron chi connectivity index (χ2n) is 7.57. The van der Waals surface area contributed by atoms with Crippen molar-refractivity contribution in [2.45, 2.75) is 44.1 Å². The number of benzene rings is 1. The van der Waals surface area contributed by atoms with E-state index in [9.17, 15) is 8.78 Å². The Bertz CT molecular complexity index is 1030. The molecule has 28 heavy (non-hydrogen) atoms. The van der Waals surface area contributed by atoms with Gasteiger partial charge in [0, 0.05) is 23.9 Å². The van der Waals surface area contributed by atoms with Crippen LogP contribution in [-0.2, 0) is 6.54 Å². The maximum Gasteiger partial charge on any atom is 0.266 e. The molecule has 0 bridgehead atoms. The van der Waals surface area contributed by atoms with Crippen molar-refractivity contribution in [2.24, 2.45) is 0 Å². The Hall–Kier alpha value is -2.35. The van der Waals surface area contributed by atoms with Gasteiger partial charge in [0.2, 0.25) is 0 Å². The third kappa shape index (κ3) is 3.09. The van der Waals surface area contributed by atoms with Crippen molar-refractivity contribution in [1.29, 1.82) is 0 Å². The van der Waals surface area contributed by atoms with Crippen LogP contribution in [-0.4, -0.2) is 44.0 Å². The maximum absolute atomic E-state index is 13.8. The van der Waals surface area contributed by atoms with E-state index in [2.05, 4.69) is 15.3 Å². The SMILES string of the molecule is FC1(F)CCN(c2nc(C3CCC3)nc3c2nnn3Cc2ccccc2Cl)C1. The summed E-state index contributed by atoms with van der Waals surface area (Å²) in [6, 6.07) is 7.52. The van der Waals surface area contributed by atoms with Crippen LogP contribution in [0.4, 0.5) is 14.6 Å². The van der Waals surface area contributed by atoms with Crippen LogP contribution < -0.4 is 4.90 Å². The molecule has 5 rings (SSSR count). The lowest BCUT2D eigenvalue weighted by Crippen LogP contribution is -2.27. The lowest BCUT2D eigenvalue weighted by Gasteiger charge is -2.25. The topological polar surface area (TPSA) is 59.7 Å². The first-order valence-electron chi connectivity index (χ1n) is 9.47. The van der Waals surface area contributed by atoms with E-state index in [0.717, 1.165) is 24.8 Å². The Labute approximate surface area is 165 Å².